The molecule has 3 rings (SSSR count). The summed E-state index contributed by atoms with van der Waals surface area (Å²) in [5.41, 5.74) is 1.80. The Hall–Kier alpha value is -2.37. The van der Waals surface area contributed by atoms with Gasteiger partial charge in [-0.2, -0.15) is 0 Å². The van der Waals surface area contributed by atoms with Crippen molar-refractivity contribution in [2.45, 2.75) is 13.0 Å². The largest absolute Gasteiger partial charge is 0.354 e. The fourth-order valence-electron chi connectivity index (χ4n) is 3.24. The number of hydrogen-bond donors (Lipinski definition) is 2. The number of hydrogen-bond acceptors (Lipinski definition) is 3. The lowest BCUT2D eigenvalue weighted by Gasteiger charge is -2.16. The zero-order chi connectivity index (χ0) is 19.1. The summed E-state index contributed by atoms with van der Waals surface area (Å²) in [7, 11) is 0. The standard InChI is InChI=1S/C21H24ClN3O2/c22-19-8-6-16(7-9-19)14-25-11-10-17(15-25)12-23-20(26)13-24-21(27)18-4-2-1-3-5-18/h1-9,17H,10-15H2,(H,23,26)(H,24,27). The fourth-order valence-corrected chi connectivity index (χ4v) is 3.37. The van der Waals surface area contributed by atoms with Gasteiger partial charge in [-0.3, -0.25) is 14.5 Å². The molecule has 0 saturated carbocycles. The SMILES string of the molecule is O=C(CNC(=O)c1ccccc1)NCC1CCN(Cc2ccc(Cl)cc2)C1. The number of halogens is 1. The summed E-state index contributed by atoms with van der Waals surface area (Å²) in [6.07, 6.45) is 1.06. The van der Waals surface area contributed by atoms with E-state index < -0.39 is 0 Å². The highest BCUT2D eigenvalue weighted by Crippen LogP contribution is 2.19. The topological polar surface area (TPSA) is 61.4 Å². The molecule has 0 radical (unpaired) electrons. The molecule has 2 amide bonds. The molecule has 0 bridgehead atoms. The van der Waals surface area contributed by atoms with Crippen LogP contribution in [0.1, 0.15) is 22.3 Å². The van der Waals surface area contributed by atoms with Gasteiger partial charge < -0.3 is 10.6 Å². The van der Waals surface area contributed by atoms with E-state index in [1.165, 1.54) is 5.56 Å². The van der Waals surface area contributed by atoms with Crippen molar-refractivity contribution in [2.24, 2.45) is 5.92 Å². The van der Waals surface area contributed by atoms with Crippen LogP contribution in [0.15, 0.2) is 54.6 Å². The molecule has 1 fully saturated rings. The number of nitrogens with one attached hydrogen (secondary N) is 2. The second-order valence-electron chi connectivity index (χ2n) is 6.87. The summed E-state index contributed by atoms with van der Waals surface area (Å²) in [5.74, 6) is 0.0438. The maximum atomic E-state index is 12.0. The maximum absolute atomic E-state index is 12.0. The number of carbonyl (C=O) groups excluding carboxylic acids is 2. The molecule has 5 nitrogen and oxygen atoms in total. The smallest absolute Gasteiger partial charge is 0.251 e. The van der Waals surface area contributed by atoms with Gasteiger partial charge in [0.25, 0.3) is 5.91 Å². The van der Waals surface area contributed by atoms with Crippen LogP contribution < -0.4 is 10.6 Å². The van der Waals surface area contributed by atoms with Gasteiger partial charge >= 0.3 is 0 Å². The Morgan fingerprint density at radius 1 is 1.04 bits per heavy atom. The van der Waals surface area contributed by atoms with Gasteiger partial charge in [0, 0.05) is 30.2 Å². The quantitative estimate of drug-likeness (QED) is 0.770. The number of carbonyl (C=O) groups is 2. The van der Waals surface area contributed by atoms with Crippen LogP contribution in [0, 0.1) is 5.92 Å². The highest BCUT2D eigenvalue weighted by molar-refractivity contribution is 6.30. The number of nitrogens with zero attached hydrogens (tertiary/aromatic N) is 1. The molecule has 142 valence electrons. The van der Waals surface area contributed by atoms with Gasteiger partial charge in [-0.05, 0) is 48.7 Å². The van der Waals surface area contributed by atoms with E-state index in [-0.39, 0.29) is 18.4 Å². The first-order valence-corrected chi connectivity index (χ1v) is 9.54. The lowest BCUT2D eigenvalue weighted by molar-refractivity contribution is -0.120. The van der Waals surface area contributed by atoms with Crippen LogP contribution >= 0.6 is 11.6 Å². The Labute approximate surface area is 164 Å². The van der Waals surface area contributed by atoms with Crippen molar-refractivity contribution >= 4 is 23.4 Å². The summed E-state index contributed by atoms with van der Waals surface area (Å²) in [5, 5.41) is 6.32. The van der Waals surface area contributed by atoms with Gasteiger partial charge in [-0.1, -0.05) is 41.9 Å². The molecular formula is C21H24ClN3O2. The number of rotatable bonds is 7. The highest BCUT2D eigenvalue weighted by atomic mass is 35.5. The molecule has 2 aromatic carbocycles. The van der Waals surface area contributed by atoms with E-state index in [2.05, 4.69) is 15.5 Å². The van der Waals surface area contributed by atoms with Crippen molar-refractivity contribution < 1.29 is 9.59 Å². The average molecular weight is 386 g/mol. The maximum Gasteiger partial charge on any atom is 0.251 e. The van der Waals surface area contributed by atoms with E-state index in [0.29, 0.717) is 18.0 Å². The van der Waals surface area contributed by atoms with Crippen molar-refractivity contribution in [1.82, 2.24) is 15.5 Å². The molecule has 27 heavy (non-hydrogen) atoms. The first kappa shape index (κ1) is 19.4. The van der Waals surface area contributed by atoms with Crippen LogP contribution in [-0.4, -0.2) is 42.9 Å². The van der Waals surface area contributed by atoms with E-state index in [0.717, 1.165) is 31.1 Å². The van der Waals surface area contributed by atoms with Gasteiger partial charge in [0.2, 0.25) is 5.91 Å². The molecule has 1 heterocycles. The number of benzene rings is 2. The third-order valence-corrected chi connectivity index (χ3v) is 4.97. The first-order valence-electron chi connectivity index (χ1n) is 9.17. The molecule has 2 N–H and O–H groups in total. The molecule has 1 unspecified atom stereocenters. The van der Waals surface area contributed by atoms with E-state index in [1.807, 2.05) is 30.3 Å². The summed E-state index contributed by atoms with van der Waals surface area (Å²) in [6, 6.07) is 16.8. The predicted molar refractivity (Wildman–Crippen MR) is 107 cm³/mol. The van der Waals surface area contributed by atoms with E-state index in [1.54, 1.807) is 24.3 Å². The average Bonchev–Trinajstić information content (AvgIpc) is 3.14. The van der Waals surface area contributed by atoms with Crippen LogP contribution in [0.2, 0.25) is 5.02 Å². The molecular weight excluding hydrogens is 362 g/mol. The van der Waals surface area contributed by atoms with Crippen molar-refractivity contribution in [3.05, 3.63) is 70.7 Å². The minimum Gasteiger partial charge on any atom is -0.354 e. The van der Waals surface area contributed by atoms with Gasteiger partial charge in [0.1, 0.15) is 0 Å². The zero-order valence-corrected chi connectivity index (χ0v) is 15.9. The van der Waals surface area contributed by atoms with Crippen molar-refractivity contribution in [1.29, 1.82) is 0 Å². The van der Waals surface area contributed by atoms with Crippen LogP contribution in [0.25, 0.3) is 0 Å². The molecule has 2 aromatic rings. The van der Waals surface area contributed by atoms with Crippen LogP contribution in [0.5, 0.6) is 0 Å². The fraction of sp³-hybridized carbons (Fsp3) is 0.333. The summed E-state index contributed by atoms with van der Waals surface area (Å²) < 4.78 is 0. The van der Waals surface area contributed by atoms with Gasteiger partial charge in [0.05, 0.1) is 6.54 Å². The van der Waals surface area contributed by atoms with E-state index in [9.17, 15) is 9.59 Å². The molecule has 1 atom stereocenters. The number of amides is 2. The molecule has 1 aliphatic rings. The summed E-state index contributed by atoms with van der Waals surface area (Å²) in [4.78, 5) is 26.3. The molecule has 0 aromatic heterocycles. The molecule has 0 aliphatic carbocycles. The Morgan fingerprint density at radius 3 is 2.52 bits per heavy atom. The summed E-state index contributed by atoms with van der Waals surface area (Å²) >= 11 is 5.92. The molecule has 1 aliphatic heterocycles. The monoisotopic (exact) mass is 385 g/mol. The van der Waals surface area contributed by atoms with Gasteiger partial charge in [-0.25, -0.2) is 0 Å². The lowest BCUT2D eigenvalue weighted by atomic mass is 10.1. The first-order chi connectivity index (χ1) is 13.1. The van der Waals surface area contributed by atoms with Crippen molar-refractivity contribution in [3.8, 4) is 0 Å². The van der Waals surface area contributed by atoms with Gasteiger partial charge in [-0.15, -0.1) is 0 Å². The van der Waals surface area contributed by atoms with Crippen molar-refractivity contribution in [2.75, 3.05) is 26.2 Å². The highest BCUT2D eigenvalue weighted by Gasteiger charge is 2.22. The minimum atomic E-state index is -0.235. The second-order valence-corrected chi connectivity index (χ2v) is 7.31. The third-order valence-electron chi connectivity index (χ3n) is 4.72. The molecule has 1 saturated heterocycles. The predicted octanol–water partition coefficient (Wildman–Crippen LogP) is 2.71. The third kappa shape index (κ3) is 6.08. The Morgan fingerprint density at radius 2 is 1.78 bits per heavy atom. The zero-order valence-electron chi connectivity index (χ0n) is 15.2. The Bertz CT molecular complexity index is 765. The number of likely N-dealkylation sites (tertiary alicyclic amines) is 1. The van der Waals surface area contributed by atoms with E-state index >= 15 is 0 Å². The van der Waals surface area contributed by atoms with Crippen LogP contribution in [0.3, 0.4) is 0 Å². The van der Waals surface area contributed by atoms with Crippen molar-refractivity contribution in [3.63, 3.8) is 0 Å². The normalized spacial score (nSPS) is 16.9. The van der Waals surface area contributed by atoms with E-state index in [4.69, 9.17) is 11.6 Å². The minimum absolute atomic E-state index is 0.00502. The lowest BCUT2D eigenvalue weighted by Crippen LogP contribution is -2.39. The summed E-state index contributed by atoms with van der Waals surface area (Å²) in [6.45, 7) is 3.51. The Kier molecular flexibility index (Phi) is 6.85. The second kappa shape index (κ2) is 9.53. The van der Waals surface area contributed by atoms with Gasteiger partial charge in [0.15, 0.2) is 0 Å². The Balaban J connectivity index is 1.35. The molecule has 6 heteroatoms. The van der Waals surface area contributed by atoms with Crippen LogP contribution in [0.4, 0.5) is 0 Å². The van der Waals surface area contributed by atoms with Crippen LogP contribution in [-0.2, 0) is 11.3 Å². The molecule has 0 spiro atoms.